The van der Waals surface area contributed by atoms with Gasteiger partial charge in [-0.25, -0.2) is 0 Å². The van der Waals surface area contributed by atoms with Gasteiger partial charge in [-0.3, -0.25) is 4.79 Å². The number of halogens is 1. The highest BCUT2D eigenvalue weighted by Gasteiger charge is 2.24. The average molecular weight is 391 g/mol. The van der Waals surface area contributed by atoms with Crippen molar-refractivity contribution < 1.29 is 14.3 Å². The highest BCUT2D eigenvalue weighted by Crippen LogP contribution is 2.37. The van der Waals surface area contributed by atoms with Crippen molar-refractivity contribution >= 4 is 27.9 Å². The molecule has 126 valence electrons. The van der Waals surface area contributed by atoms with E-state index < -0.39 is 0 Å². The molecule has 3 rings (SSSR count). The summed E-state index contributed by atoms with van der Waals surface area (Å²) in [6, 6.07) is 5.69. The first kappa shape index (κ1) is 16.8. The third kappa shape index (κ3) is 3.57. The van der Waals surface area contributed by atoms with Gasteiger partial charge in [0.25, 0.3) is 5.91 Å². The smallest absolute Gasteiger partial charge is 0.262 e. The Balaban J connectivity index is 1.79. The number of amides is 1. The number of nitrogens with one attached hydrogen (secondary N) is 1. The van der Waals surface area contributed by atoms with Crippen molar-refractivity contribution in [2.24, 2.45) is 5.92 Å². The van der Waals surface area contributed by atoms with Crippen LogP contribution in [0.4, 0.5) is 0 Å². The van der Waals surface area contributed by atoms with Gasteiger partial charge in [-0.15, -0.1) is 0 Å². The van der Waals surface area contributed by atoms with Crippen LogP contribution in [0.3, 0.4) is 0 Å². The molecule has 1 amide bonds. The fourth-order valence-electron chi connectivity index (χ4n) is 3.12. The maximum Gasteiger partial charge on any atom is 0.262 e. The number of hydrogen-bond acceptors (Lipinski definition) is 4. The van der Waals surface area contributed by atoms with Gasteiger partial charge >= 0.3 is 0 Å². The normalized spacial score (nSPS) is 22.8. The van der Waals surface area contributed by atoms with Gasteiger partial charge in [0.1, 0.15) is 11.6 Å². The summed E-state index contributed by atoms with van der Waals surface area (Å²) < 4.78 is 11.4. The third-order valence-electron chi connectivity index (χ3n) is 4.58. The van der Waals surface area contributed by atoms with E-state index in [1.54, 1.807) is 18.2 Å². The van der Waals surface area contributed by atoms with Crippen LogP contribution < -0.4 is 14.8 Å². The van der Waals surface area contributed by atoms with Crippen LogP contribution in [-0.2, 0) is 4.79 Å². The number of carbonyl (C=O) groups excluding carboxylic acids is 1. The van der Waals surface area contributed by atoms with Crippen molar-refractivity contribution in [2.45, 2.75) is 38.6 Å². The van der Waals surface area contributed by atoms with Crippen molar-refractivity contribution in [1.82, 2.24) is 5.32 Å². The number of nitriles is 1. The Bertz CT molecular complexity index is 724. The van der Waals surface area contributed by atoms with Gasteiger partial charge in [0.05, 0.1) is 0 Å². The van der Waals surface area contributed by atoms with Crippen LogP contribution in [0.15, 0.2) is 22.2 Å². The Hall–Kier alpha value is -2.00. The number of nitrogens with zero attached hydrogens (tertiary/aromatic N) is 1. The van der Waals surface area contributed by atoms with Crippen LogP contribution in [0.2, 0.25) is 0 Å². The molecule has 1 aliphatic heterocycles. The number of rotatable bonds is 3. The summed E-state index contributed by atoms with van der Waals surface area (Å²) in [6.07, 6.45) is 5.99. The fourth-order valence-corrected chi connectivity index (χ4v) is 3.56. The van der Waals surface area contributed by atoms with Crippen LogP contribution in [-0.4, -0.2) is 18.7 Å². The highest BCUT2D eigenvalue weighted by atomic mass is 79.9. The molecule has 2 atom stereocenters. The average Bonchev–Trinajstić information content (AvgIpc) is 3.01. The lowest BCUT2D eigenvalue weighted by Gasteiger charge is -2.29. The van der Waals surface area contributed by atoms with E-state index in [0.717, 1.165) is 23.7 Å². The topological polar surface area (TPSA) is 71.4 Å². The zero-order valence-corrected chi connectivity index (χ0v) is 15.1. The number of fused-ring (bicyclic) bond motifs is 1. The first-order valence-electron chi connectivity index (χ1n) is 8.10. The fraction of sp³-hybridized carbons (Fsp3) is 0.444. The molecule has 1 aliphatic carbocycles. The molecule has 1 fully saturated rings. The molecule has 2 aliphatic rings. The highest BCUT2D eigenvalue weighted by molar-refractivity contribution is 9.10. The van der Waals surface area contributed by atoms with Crippen LogP contribution in [0.25, 0.3) is 6.08 Å². The molecule has 0 saturated heterocycles. The van der Waals surface area contributed by atoms with Gasteiger partial charge in [0.15, 0.2) is 11.5 Å². The molecule has 24 heavy (non-hydrogen) atoms. The van der Waals surface area contributed by atoms with Gasteiger partial charge in [-0.1, -0.05) is 35.7 Å². The molecule has 1 saturated carbocycles. The third-order valence-corrected chi connectivity index (χ3v) is 5.27. The first-order chi connectivity index (χ1) is 11.6. The molecular weight excluding hydrogens is 372 g/mol. The predicted octanol–water partition coefficient (Wildman–Crippen LogP) is 3.78. The second-order valence-corrected chi connectivity index (χ2v) is 7.09. The van der Waals surface area contributed by atoms with Crippen molar-refractivity contribution in [3.63, 3.8) is 0 Å². The molecule has 5 nitrogen and oxygen atoms in total. The maximum absolute atomic E-state index is 12.5. The van der Waals surface area contributed by atoms with Gasteiger partial charge in [-0.2, -0.15) is 5.26 Å². The van der Waals surface area contributed by atoms with E-state index in [1.165, 1.54) is 6.42 Å². The van der Waals surface area contributed by atoms with Crippen LogP contribution in [0.1, 0.15) is 38.2 Å². The zero-order valence-electron chi connectivity index (χ0n) is 13.5. The van der Waals surface area contributed by atoms with Crippen molar-refractivity contribution in [3.8, 4) is 17.6 Å². The Morgan fingerprint density at radius 2 is 2.04 bits per heavy atom. The monoisotopic (exact) mass is 390 g/mol. The second kappa shape index (κ2) is 7.27. The first-order valence-corrected chi connectivity index (χ1v) is 8.89. The quantitative estimate of drug-likeness (QED) is 0.629. The second-order valence-electron chi connectivity index (χ2n) is 6.24. The number of hydrogen-bond donors (Lipinski definition) is 1. The molecule has 0 aromatic heterocycles. The van der Waals surface area contributed by atoms with E-state index in [1.807, 2.05) is 6.07 Å². The largest absolute Gasteiger partial charge is 0.454 e. The molecule has 0 spiro atoms. The van der Waals surface area contributed by atoms with Gasteiger partial charge in [-0.05, 0) is 42.5 Å². The minimum absolute atomic E-state index is 0.0901. The molecule has 0 radical (unpaired) electrons. The summed E-state index contributed by atoms with van der Waals surface area (Å²) in [5.74, 6) is 1.39. The van der Waals surface area contributed by atoms with Crippen LogP contribution >= 0.6 is 15.9 Å². The molecular formula is C18H19BrN2O3. The molecule has 0 unspecified atom stereocenters. The standard InChI is InChI=1S/C18H19BrN2O3/c1-11-4-2-3-5-15(11)21-18(22)13(9-20)6-12-7-16-17(8-14(12)19)24-10-23-16/h6-8,11,15H,2-5,10H2,1H3,(H,21,22)/b13-6+/t11-,15-/m0/s1. The van der Waals surface area contributed by atoms with E-state index in [4.69, 9.17) is 9.47 Å². The van der Waals surface area contributed by atoms with Crippen molar-refractivity contribution in [3.05, 3.63) is 27.7 Å². The molecule has 1 aromatic carbocycles. The van der Waals surface area contributed by atoms with Gasteiger partial charge in [0.2, 0.25) is 6.79 Å². The zero-order chi connectivity index (χ0) is 17.1. The Kier molecular flexibility index (Phi) is 5.10. The van der Waals surface area contributed by atoms with Gasteiger partial charge in [0, 0.05) is 10.5 Å². The lowest BCUT2D eigenvalue weighted by Crippen LogP contribution is -2.41. The molecule has 6 heteroatoms. The SMILES string of the molecule is C[C@H]1CCCC[C@@H]1NC(=O)/C(C#N)=C/c1cc2c(cc1Br)OCO2. The van der Waals surface area contributed by atoms with Gasteiger partial charge < -0.3 is 14.8 Å². The van der Waals surface area contributed by atoms with E-state index in [9.17, 15) is 10.1 Å². The Morgan fingerprint density at radius 3 is 2.75 bits per heavy atom. The summed E-state index contributed by atoms with van der Waals surface area (Å²) in [5.41, 5.74) is 0.801. The maximum atomic E-state index is 12.5. The van der Waals surface area contributed by atoms with E-state index in [0.29, 0.717) is 23.0 Å². The summed E-state index contributed by atoms with van der Waals surface area (Å²) >= 11 is 3.44. The summed E-state index contributed by atoms with van der Waals surface area (Å²) in [5, 5.41) is 12.4. The van der Waals surface area contributed by atoms with E-state index in [2.05, 4.69) is 28.2 Å². The van der Waals surface area contributed by atoms with E-state index in [-0.39, 0.29) is 24.3 Å². The minimum atomic E-state index is -0.319. The lowest BCUT2D eigenvalue weighted by atomic mass is 9.86. The van der Waals surface area contributed by atoms with Crippen LogP contribution in [0.5, 0.6) is 11.5 Å². The number of carbonyl (C=O) groups is 1. The van der Waals surface area contributed by atoms with Crippen LogP contribution in [0, 0.1) is 17.2 Å². The molecule has 1 aromatic rings. The van der Waals surface area contributed by atoms with Crippen molar-refractivity contribution in [1.29, 1.82) is 5.26 Å². The Morgan fingerprint density at radius 1 is 1.33 bits per heavy atom. The summed E-state index contributed by atoms with van der Waals surface area (Å²) in [4.78, 5) is 12.5. The molecule has 1 N–H and O–H groups in total. The summed E-state index contributed by atoms with van der Waals surface area (Å²) in [7, 11) is 0. The number of ether oxygens (including phenoxy) is 2. The summed E-state index contributed by atoms with van der Waals surface area (Å²) in [6.45, 7) is 2.33. The van der Waals surface area contributed by atoms with Crippen molar-refractivity contribution in [2.75, 3.05) is 6.79 Å². The number of benzene rings is 1. The molecule has 1 heterocycles. The Labute approximate surface area is 149 Å². The van der Waals surface area contributed by atoms with E-state index >= 15 is 0 Å². The minimum Gasteiger partial charge on any atom is -0.454 e. The molecule has 0 bridgehead atoms. The lowest BCUT2D eigenvalue weighted by molar-refractivity contribution is -0.118. The predicted molar refractivity (Wildman–Crippen MR) is 93.4 cm³/mol.